The second-order valence-corrected chi connectivity index (χ2v) is 4.85. The molecule has 0 aromatic rings. The highest BCUT2D eigenvalue weighted by Gasteiger charge is 2.18. The lowest BCUT2D eigenvalue weighted by Crippen LogP contribution is -2.33. The van der Waals surface area contributed by atoms with E-state index in [4.69, 9.17) is 19.8 Å². The van der Waals surface area contributed by atoms with E-state index in [0.29, 0.717) is 19.0 Å². The molecule has 7 nitrogen and oxygen atoms in total. The van der Waals surface area contributed by atoms with Crippen LogP contribution in [-0.2, 0) is 14.4 Å². The van der Waals surface area contributed by atoms with Gasteiger partial charge in [-0.05, 0) is 32.2 Å². The van der Waals surface area contributed by atoms with E-state index < -0.39 is 11.9 Å². The Hall–Kier alpha value is -2.07. The van der Waals surface area contributed by atoms with Gasteiger partial charge in [0.05, 0.1) is 12.6 Å². The number of aliphatic carboxylic acids is 2. The number of piperidine rings is 1. The summed E-state index contributed by atoms with van der Waals surface area (Å²) in [6, 6.07) is 0.358. The molecule has 2 rings (SSSR count). The standard InChI is InChI=1S/C12H18N2O.C2H2O4/c15-12-7-4-10-14(12)9-3-6-11-5-1-2-8-13-11;3-1(4)2(5)6/h11,13H,1-2,4-5,7-10H2;(H,3,4)(H,5,6)/t11-;/m0./s1. The van der Waals surface area contributed by atoms with E-state index in [1.54, 1.807) is 0 Å². The average Bonchev–Trinajstić information content (AvgIpc) is 2.86. The Morgan fingerprint density at radius 3 is 2.43 bits per heavy atom. The van der Waals surface area contributed by atoms with Gasteiger partial charge in [0, 0.05) is 13.0 Å². The molecule has 2 saturated heterocycles. The minimum atomic E-state index is -1.82. The summed E-state index contributed by atoms with van der Waals surface area (Å²) in [4.78, 5) is 31.4. The summed E-state index contributed by atoms with van der Waals surface area (Å²) in [5.74, 6) is 2.95. The quantitative estimate of drug-likeness (QED) is 0.461. The molecular formula is C14H20N2O5. The van der Waals surface area contributed by atoms with Gasteiger partial charge in [-0.3, -0.25) is 4.79 Å². The van der Waals surface area contributed by atoms with E-state index in [9.17, 15) is 4.79 Å². The fourth-order valence-electron chi connectivity index (χ4n) is 2.11. The van der Waals surface area contributed by atoms with Gasteiger partial charge in [0.1, 0.15) is 0 Å². The Morgan fingerprint density at radius 1 is 1.24 bits per heavy atom. The van der Waals surface area contributed by atoms with Gasteiger partial charge in [-0.2, -0.15) is 0 Å². The maximum atomic E-state index is 11.3. The molecule has 3 N–H and O–H groups in total. The van der Waals surface area contributed by atoms with E-state index in [0.717, 1.165) is 25.9 Å². The van der Waals surface area contributed by atoms with Crippen LogP contribution >= 0.6 is 0 Å². The first-order valence-corrected chi connectivity index (χ1v) is 6.96. The molecule has 2 aliphatic heterocycles. The van der Waals surface area contributed by atoms with Crippen molar-refractivity contribution in [1.82, 2.24) is 10.2 Å². The highest BCUT2D eigenvalue weighted by molar-refractivity contribution is 6.27. The number of hydrogen-bond donors (Lipinski definition) is 3. The summed E-state index contributed by atoms with van der Waals surface area (Å²) in [7, 11) is 0. The Balaban J connectivity index is 0.000000315. The number of carbonyl (C=O) groups excluding carboxylic acids is 1. The number of nitrogens with one attached hydrogen (secondary N) is 1. The highest BCUT2D eigenvalue weighted by Crippen LogP contribution is 2.08. The first kappa shape index (κ1) is 17.0. The average molecular weight is 296 g/mol. The largest absolute Gasteiger partial charge is 0.473 e. The van der Waals surface area contributed by atoms with Crippen molar-refractivity contribution in [3.8, 4) is 11.8 Å². The minimum Gasteiger partial charge on any atom is -0.473 e. The molecule has 2 fully saturated rings. The maximum absolute atomic E-state index is 11.3. The number of rotatable bonds is 1. The summed E-state index contributed by atoms with van der Waals surface area (Å²) in [5.41, 5.74) is 0. The molecule has 0 unspecified atom stereocenters. The second kappa shape index (κ2) is 8.97. The summed E-state index contributed by atoms with van der Waals surface area (Å²) in [6.07, 6.45) is 5.41. The van der Waals surface area contributed by atoms with Gasteiger partial charge in [0.2, 0.25) is 5.91 Å². The van der Waals surface area contributed by atoms with Crippen LogP contribution in [0.2, 0.25) is 0 Å². The lowest BCUT2D eigenvalue weighted by Gasteiger charge is -2.18. The van der Waals surface area contributed by atoms with Gasteiger partial charge in [-0.1, -0.05) is 11.8 Å². The molecule has 0 aliphatic carbocycles. The molecule has 7 heteroatoms. The van der Waals surface area contributed by atoms with Gasteiger partial charge in [-0.25, -0.2) is 9.59 Å². The predicted octanol–water partition coefficient (Wildman–Crippen LogP) is -0.0901. The molecule has 0 spiro atoms. The number of carboxylic acid groups (broad SMARTS) is 2. The molecule has 0 radical (unpaired) electrons. The molecule has 1 amide bonds. The van der Waals surface area contributed by atoms with Gasteiger partial charge in [0.25, 0.3) is 0 Å². The van der Waals surface area contributed by atoms with Crippen molar-refractivity contribution >= 4 is 17.8 Å². The van der Waals surface area contributed by atoms with E-state index in [1.807, 2.05) is 4.90 Å². The van der Waals surface area contributed by atoms with Crippen molar-refractivity contribution in [2.24, 2.45) is 0 Å². The third-order valence-corrected chi connectivity index (χ3v) is 3.21. The van der Waals surface area contributed by atoms with Gasteiger partial charge in [0.15, 0.2) is 0 Å². The monoisotopic (exact) mass is 296 g/mol. The molecule has 0 bridgehead atoms. The summed E-state index contributed by atoms with van der Waals surface area (Å²) in [6.45, 7) is 2.60. The topological polar surface area (TPSA) is 107 Å². The summed E-state index contributed by atoms with van der Waals surface area (Å²) in [5, 5.41) is 18.2. The van der Waals surface area contributed by atoms with E-state index in [-0.39, 0.29) is 5.91 Å². The maximum Gasteiger partial charge on any atom is 0.414 e. The highest BCUT2D eigenvalue weighted by atomic mass is 16.4. The molecule has 21 heavy (non-hydrogen) atoms. The predicted molar refractivity (Wildman–Crippen MR) is 74.5 cm³/mol. The first-order chi connectivity index (χ1) is 10.0. The zero-order valence-electron chi connectivity index (χ0n) is 11.8. The minimum absolute atomic E-state index is 0.265. The molecule has 2 aliphatic rings. The summed E-state index contributed by atoms with van der Waals surface area (Å²) >= 11 is 0. The van der Waals surface area contributed by atoms with Gasteiger partial charge in [-0.15, -0.1) is 0 Å². The van der Waals surface area contributed by atoms with Crippen LogP contribution in [0.1, 0.15) is 32.1 Å². The van der Waals surface area contributed by atoms with Crippen molar-refractivity contribution in [2.45, 2.75) is 38.1 Å². The lowest BCUT2D eigenvalue weighted by atomic mass is 10.1. The third kappa shape index (κ3) is 6.77. The molecule has 2 heterocycles. The van der Waals surface area contributed by atoms with Crippen LogP contribution in [-0.4, -0.2) is 58.6 Å². The summed E-state index contributed by atoms with van der Waals surface area (Å²) < 4.78 is 0. The van der Waals surface area contributed by atoms with Crippen molar-refractivity contribution in [1.29, 1.82) is 0 Å². The Kier molecular flexibility index (Phi) is 7.26. The molecular weight excluding hydrogens is 276 g/mol. The number of likely N-dealkylation sites (tertiary alicyclic amines) is 1. The Bertz CT molecular complexity index is 434. The van der Waals surface area contributed by atoms with Crippen LogP contribution in [0.4, 0.5) is 0 Å². The van der Waals surface area contributed by atoms with Crippen LogP contribution < -0.4 is 5.32 Å². The first-order valence-electron chi connectivity index (χ1n) is 6.96. The van der Waals surface area contributed by atoms with E-state index >= 15 is 0 Å². The van der Waals surface area contributed by atoms with Crippen molar-refractivity contribution in [3.05, 3.63) is 0 Å². The number of amides is 1. The SMILES string of the molecule is O=C(O)C(=O)O.O=C1CCCN1CC#C[C@@H]1CCCCN1. The number of hydrogen-bond acceptors (Lipinski definition) is 4. The van der Waals surface area contributed by atoms with Crippen LogP contribution in [0.5, 0.6) is 0 Å². The van der Waals surface area contributed by atoms with Crippen LogP contribution in [0.25, 0.3) is 0 Å². The number of carbonyl (C=O) groups is 3. The number of carboxylic acids is 2. The molecule has 0 saturated carbocycles. The molecule has 1 atom stereocenters. The normalized spacial score (nSPS) is 20.9. The van der Waals surface area contributed by atoms with E-state index in [1.165, 1.54) is 12.8 Å². The molecule has 0 aromatic heterocycles. The van der Waals surface area contributed by atoms with Crippen molar-refractivity contribution in [3.63, 3.8) is 0 Å². The van der Waals surface area contributed by atoms with E-state index in [2.05, 4.69) is 17.2 Å². The second-order valence-electron chi connectivity index (χ2n) is 4.85. The lowest BCUT2D eigenvalue weighted by molar-refractivity contribution is -0.159. The number of nitrogens with zero attached hydrogens (tertiary/aromatic N) is 1. The fourth-order valence-corrected chi connectivity index (χ4v) is 2.11. The van der Waals surface area contributed by atoms with Crippen molar-refractivity contribution < 1.29 is 24.6 Å². The molecule has 0 aromatic carbocycles. The fraction of sp³-hybridized carbons (Fsp3) is 0.643. The van der Waals surface area contributed by atoms with Gasteiger partial charge >= 0.3 is 11.9 Å². The van der Waals surface area contributed by atoms with Crippen molar-refractivity contribution in [2.75, 3.05) is 19.6 Å². The van der Waals surface area contributed by atoms with Crippen LogP contribution in [0, 0.1) is 11.8 Å². The zero-order valence-corrected chi connectivity index (χ0v) is 11.8. The van der Waals surface area contributed by atoms with Gasteiger partial charge < -0.3 is 20.4 Å². The zero-order chi connectivity index (χ0) is 15.7. The Morgan fingerprint density at radius 2 is 1.95 bits per heavy atom. The molecule has 116 valence electrons. The van der Waals surface area contributed by atoms with Crippen LogP contribution in [0.15, 0.2) is 0 Å². The third-order valence-electron chi connectivity index (χ3n) is 3.21. The Labute approximate surface area is 123 Å². The van der Waals surface area contributed by atoms with Crippen LogP contribution in [0.3, 0.4) is 0 Å². The smallest absolute Gasteiger partial charge is 0.414 e.